The number of unbranched alkanes of at least 4 members (excludes halogenated alkanes) is 1. The first kappa shape index (κ1) is 27.1. The topological polar surface area (TPSA) is 135 Å². The van der Waals surface area contributed by atoms with Gasteiger partial charge in [0.25, 0.3) is 0 Å². The molecular weight excluding hydrogens is 480 g/mol. The summed E-state index contributed by atoms with van der Waals surface area (Å²) in [7, 11) is 1.45. The molecule has 0 spiro atoms. The molecule has 0 aromatic heterocycles. The van der Waals surface area contributed by atoms with Crippen molar-refractivity contribution < 1.29 is 38.8 Å². The highest BCUT2D eigenvalue weighted by molar-refractivity contribution is 5.96. The van der Waals surface area contributed by atoms with Gasteiger partial charge in [0, 0.05) is 42.8 Å². The van der Waals surface area contributed by atoms with E-state index in [1.54, 1.807) is 23.1 Å². The lowest BCUT2D eigenvalue weighted by molar-refractivity contribution is -0.139. The van der Waals surface area contributed by atoms with Crippen molar-refractivity contribution in [3.63, 3.8) is 0 Å². The number of hydrogen-bond acceptors (Lipinski definition) is 8. The second kappa shape index (κ2) is 12.1. The van der Waals surface area contributed by atoms with Gasteiger partial charge < -0.3 is 34.6 Å². The van der Waals surface area contributed by atoms with Crippen LogP contribution in [0.25, 0.3) is 0 Å². The van der Waals surface area contributed by atoms with Crippen molar-refractivity contribution in [1.29, 1.82) is 0 Å². The second-order valence-corrected chi connectivity index (χ2v) is 9.69. The van der Waals surface area contributed by atoms with Gasteiger partial charge in [-0.1, -0.05) is 13.3 Å². The SMILES string of the molecule is CCCCC(=O)N(C[C@@H]1CCCO1)[C@@H]1C=C(C(=O)NCCO)[C@@H]2c3cc(C=O)cc(OC)c3O[C@@H]2[C@H]1O. The number of carbonyl (C=O) groups excluding carboxylic acids is 3. The minimum absolute atomic E-state index is 0.0429. The Hall–Kier alpha value is -2.95. The quantitative estimate of drug-likeness (QED) is 0.375. The van der Waals surface area contributed by atoms with Gasteiger partial charge in [0.2, 0.25) is 11.8 Å². The monoisotopic (exact) mass is 516 g/mol. The summed E-state index contributed by atoms with van der Waals surface area (Å²) in [6.45, 7) is 2.74. The van der Waals surface area contributed by atoms with Crippen LogP contribution in [0.1, 0.15) is 60.9 Å². The lowest BCUT2D eigenvalue weighted by Crippen LogP contribution is -2.57. The van der Waals surface area contributed by atoms with Crippen LogP contribution in [0.4, 0.5) is 0 Å². The zero-order valence-electron chi connectivity index (χ0n) is 21.4. The highest BCUT2D eigenvalue weighted by atomic mass is 16.5. The molecule has 1 aliphatic carbocycles. The number of rotatable bonds is 11. The molecule has 1 aromatic rings. The van der Waals surface area contributed by atoms with Crippen LogP contribution in [-0.2, 0) is 14.3 Å². The van der Waals surface area contributed by atoms with E-state index >= 15 is 0 Å². The Labute approximate surface area is 216 Å². The van der Waals surface area contributed by atoms with Crippen molar-refractivity contribution in [3.8, 4) is 11.5 Å². The Morgan fingerprint density at radius 1 is 1.32 bits per heavy atom. The van der Waals surface area contributed by atoms with E-state index in [0.29, 0.717) is 60.5 Å². The first-order valence-electron chi connectivity index (χ1n) is 13.0. The molecule has 1 saturated heterocycles. The zero-order valence-corrected chi connectivity index (χ0v) is 21.4. The third-order valence-electron chi connectivity index (χ3n) is 7.26. The van der Waals surface area contributed by atoms with Crippen molar-refractivity contribution in [2.24, 2.45) is 0 Å². The van der Waals surface area contributed by atoms with E-state index < -0.39 is 30.1 Å². The highest BCUT2D eigenvalue weighted by Crippen LogP contribution is 2.51. The second-order valence-electron chi connectivity index (χ2n) is 9.69. The molecule has 202 valence electrons. The molecule has 0 saturated carbocycles. The average Bonchev–Trinajstić information content (AvgIpc) is 3.57. The van der Waals surface area contributed by atoms with Crippen LogP contribution >= 0.6 is 0 Å². The Bertz CT molecular complexity index is 1040. The van der Waals surface area contributed by atoms with Crippen molar-refractivity contribution in [2.45, 2.75) is 69.3 Å². The molecule has 2 heterocycles. The zero-order chi connectivity index (χ0) is 26.5. The fraction of sp³-hybridized carbons (Fsp3) is 0.593. The lowest BCUT2D eigenvalue weighted by atomic mass is 9.77. The van der Waals surface area contributed by atoms with E-state index in [4.69, 9.17) is 14.2 Å². The van der Waals surface area contributed by atoms with Crippen LogP contribution in [0.2, 0.25) is 0 Å². The number of amides is 2. The molecule has 3 aliphatic rings. The van der Waals surface area contributed by atoms with Gasteiger partial charge in [-0.3, -0.25) is 14.4 Å². The Morgan fingerprint density at radius 2 is 2.14 bits per heavy atom. The number of aliphatic hydroxyl groups is 2. The van der Waals surface area contributed by atoms with Gasteiger partial charge in [0.05, 0.1) is 31.8 Å². The lowest BCUT2D eigenvalue weighted by Gasteiger charge is -2.41. The fourth-order valence-corrected chi connectivity index (χ4v) is 5.43. The predicted octanol–water partition coefficient (Wildman–Crippen LogP) is 1.33. The van der Waals surface area contributed by atoms with Gasteiger partial charge >= 0.3 is 0 Å². The summed E-state index contributed by atoms with van der Waals surface area (Å²) in [6.07, 6.45) is 3.72. The molecule has 3 N–H and O–H groups in total. The van der Waals surface area contributed by atoms with Gasteiger partial charge in [-0.2, -0.15) is 0 Å². The maximum absolute atomic E-state index is 13.4. The number of fused-ring (bicyclic) bond motifs is 3. The van der Waals surface area contributed by atoms with E-state index in [1.807, 2.05) is 6.92 Å². The average molecular weight is 517 g/mol. The molecule has 2 amide bonds. The van der Waals surface area contributed by atoms with E-state index in [9.17, 15) is 24.6 Å². The smallest absolute Gasteiger partial charge is 0.247 e. The molecule has 5 atom stereocenters. The molecule has 0 bridgehead atoms. The van der Waals surface area contributed by atoms with Gasteiger partial charge in [-0.25, -0.2) is 0 Å². The third kappa shape index (κ3) is 5.51. The number of benzene rings is 1. The van der Waals surface area contributed by atoms with E-state index in [-0.39, 0.29) is 25.2 Å². The summed E-state index contributed by atoms with van der Waals surface area (Å²) < 4.78 is 17.5. The number of carbonyl (C=O) groups is 3. The Balaban J connectivity index is 1.77. The number of ether oxygens (including phenoxy) is 3. The number of aliphatic hydroxyl groups excluding tert-OH is 2. The number of aldehydes is 1. The number of hydrogen-bond donors (Lipinski definition) is 3. The molecule has 10 nitrogen and oxygen atoms in total. The van der Waals surface area contributed by atoms with Gasteiger partial charge in [0.1, 0.15) is 18.5 Å². The van der Waals surface area contributed by atoms with Crippen LogP contribution in [0.15, 0.2) is 23.8 Å². The van der Waals surface area contributed by atoms with Crippen molar-refractivity contribution in [2.75, 3.05) is 33.4 Å². The van der Waals surface area contributed by atoms with Gasteiger partial charge in [-0.15, -0.1) is 0 Å². The highest BCUT2D eigenvalue weighted by Gasteiger charge is 2.51. The van der Waals surface area contributed by atoms with E-state index in [2.05, 4.69) is 5.32 Å². The standard InChI is InChI=1S/C27H36N2O8/c1-3-4-7-22(32)29(14-17-6-5-10-36-17)20-13-19(27(34)28-8-9-30)23-18-11-16(15-31)12-21(35-2)25(18)37-26(23)24(20)33/h11-13,15,17,20,23-24,26,30,33H,3-10,14H2,1-2H3,(H,28,34)/t17-,20+,23-,24-,26-/m0/s1. The fourth-order valence-electron chi connectivity index (χ4n) is 5.43. The van der Waals surface area contributed by atoms with E-state index in [0.717, 1.165) is 19.3 Å². The predicted molar refractivity (Wildman–Crippen MR) is 134 cm³/mol. The largest absolute Gasteiger partial charge is 0.493 e. The van der Waals surface area contributed by atoms with Crippen molar-refractivity contribution in [1.82, 2.24) is 10.2 Å². The first-order valence-corrected chi connectivity index (χ1v) is 13.0. The Kier molecular flexibility index (Phi) is 8.83. The summed E-state index contributed by atoms with van der Waals surface area (Å²) in [5.41, 5.74) is 1.21. The molecule has 0 unspecified atom stereocenters. The summed E-state index contributed by atoms with van der Waals surface area (Å²) in [5, 5.41) is 23.6. The van der Waals surface area contributed by atoms with Gasteiger partial charge in [-0.05, 0) is 37.5 Å². The van der Waals surface area contributed by atoms with Crippen LogP contribution in [0.3, 0.4) is 0 Å². The third-order valence-corrected chi connectivity index (χ3v) is 7.26. The van der Waals surface area contributed by atoms with E-state index in [1.165, 1.54) is 7.11 Å². The molecule has 10 heteroatoms. The van der Waals surface area contributed by atoms with Crippen LogP contribution < -0.4 is 14.8 Å². The molecular formula is C27H36N2O8. The minimum Gasteiger partial charge on any atom is -0.493 e. The molecule has 37 heavy (non-hydrogen) atoms. The molecule has 0 radical (unpaired) electrons. The first-order chi connectivity index (χ1) is 17.9. The van der Waals surface area contributed by atoms with Crippen molar-refractivity contribution >= 4 is 18.1 Å². The number of nitrogens with zero attached hydrogens (tertiary/aromatic N) is 1. The summed E-state index contributed by atoms with van der Waals surface area (Å²) in [6, 6.07) is 2.35. The number of methoxy groups -OCH3 is 1. The molecule has 2 aliphatic heterocycles. The van der Waals surface area contributed by atoms with Gasteiger partial charge in [0.15, 0.2) is 11.5 Å². The summed E-state index contributed by atoms with van der Waals surface area (Å²) >= 11 is 0. The normalized spacial score (nSPS) is 25.9. The van der Waals surface area contributed by atoms with Crippen LogP contribution in [-0.4, -0.2) is 91.0 Å². The molecule has 1 fully saturated rings. The number of nitrogens with one attached hydrogen (secondary N) is 1. The van der Waals surface area contributed by atoms with Crippen LogP contribution in [0.5, 0.6) is 11.5 Å². The summed E-state index contributed by atoms with van der Waals surface area (Å²) in [5.74, 6) is -0.577. The molecule has 1 aromatic carbocycles. The maximum Gasteiger partial charge on any atom is 0.247 e. The van der Waals surface area contributed by atoms with Crippen LogP contribution in [0, 0.1) is 0 Å². The summed E-state index contributed by atoms with van der Waals surface area (Å²) in [4.78, 5) is 39.9. The minimum atomic E-state index is -1.15. The Morgan fingerprint density at radius 3 is 2.78 bits per heavy atom. The maximum atomic E-state index is 13.4. The molecule has 4 rings (SSSR count). The van der Waals surface area contributed by atoms with Crippen molar-refractivity contribution in [3.05, 3.63) is 34.9 Å².